The molecule has 0 atom stereocenters. The van der Waals surface area contributed by atoms with Crippen molar-refractivity contribution in [3.63, 3.8) is 0 Å². The van der Waals surface area contributed by atoms with Gasteiger partial charge in [-0.05, 0) is 18.6 Å². The Balaban J connectivity index is 2.10. The molecule has 0 fully saturated rings. The van der Waals surface area contributed by atoms with E-state index in [1.165, 1.54) is 12.1 Å². The van der Waals surface area contributed by atoms with E-state index in [1.807, 2.05) is 13.8 Å². The summed E-state index contributed by atoms with van der Waals surface area (Å²) >= 11 is 5.99. The second kappa shape index (κ2) is 6.26. The summed E-state index contributed by atoms with van der Waals surface area (Å²) in [6, 6.07) is 4.52. The Labute approximate surface area is 127 Å². The standard InChI is InChI=1S/C15H16ClFN2O2/c1-8(2)12-6-10(19-21-12)7-18-15(20)13-11(17)5-4-9(3)14(13)16/h4-6,8H,7H2,1-3H3,(H,18,20). The quantitative estimate of drug-likeness (QED) is 0.933. The molecule has 0 aliphatic heterocycles. The summed E-state index contributed by atoms with van der Waals surface area (Å²) in [4.78, 5) is 12.1. The number of rotatable bonds is 4. The van der Waals surface area contributed by atoms with Crippen molar-refractivity contribution in [2.75, 3.05) is 0 Å². The Kier molecular flexibility index (Phi) is 4.63. The lowest BCUT2D eigenvalue weighted by Crippen LogP contribution is -2.24. The van der Waals surface area contributed by atoms with Crippen LogP contribution in [0.1, 0.15) is 47.1 Å². The maximum absolute atomic E-state index is 13.7. The number of benzene rings is 1. The van der Waals surface area contributed by atoms with Crippen molar-refractivity contribution < 1.29 is 13.7 Å². The molecule has 1 aromatic heterocycles. The lowest BCUT2D eigenvalue weighted by Gasteiger charge is -2.08. The number of aryl methyl sites for hydroxylation is 1. The first-order valence-electron chi connectivity index (χ1n) is 6.58. The van der Waals surface area contributed by atoms with Crippen LogP contribution in [-0.4, -0.2) is 11.1 Å². The molecule has 6 heteroatoms. The third kappa shape index (κ3) is 3.42. The highest BCUT2D eigenvalue weighted by molar-refractivity contribution is 6.34. The fourth-order valence-electron chi connectivity index (χ4n) is 1.81. The zero-order valence-electron chi connectivity index (χ0n) is 12.0. The summed E-state index contributed by atoms with van der Waals surface area (Å²) in [5.74, 6) is -0.272. The summed E-state index contributed by atoms with van der Waals surface area (Å²) in [6.45, 7) is 5.82. The Morgan fingerprint density at radius 3 is 2.81 bits per heavy atom. The number of carbonyl (C=O) groups excluding carboxylic acids is 1. The first kappa shape index (κ1) is 15.5. The maximum atomic E-state index is 13.7. The van der Waals surface area contributed by atoms with Crippen LogP contribution in [0.5, 0.6) is 0 Å². The highest BCUT2D eigenvalue weighted by Crippen LogP contribution is 2.23. The minimum absolute atomic E-state index is 0.121. The number of nitrogens with zero attached hydrogens (tertiary/aromatic N) is 1. The Morgan fingerprint density at radius 1 is 1.48 bits per heavy atom. The molecule has 0 aliphatic rings. The zero-order chi connectivity index (χ0) is 15.6. The highest BCUT2D eigenvalue weighted by Gasteiger charge is 2.18. The Morgan fingerprint density at radius 2 is 2.19 bits per heavy atom. The summed E-state index contributed by atoms with van der Waals surface area (Å²) in [5, 5.41) is 6.56. The molecule has 4 nitrogen and oxygen atoms in total. The van der Waals surface area contributed by atoms with Crippen molar-refractivity contribution >= 4 is 17.5 Å². The van der Waals surface area contributed by atoms with E-state index < -0.39 is 11.7 Å². The van der Waals surface area contributed by atoms with E-state index >= 15 is 0 Å². The molecular formula is C15H16ClFN2O2. The van der Waals surface area contributed by atoms with Gasteiger partial charge in [0.25, 0.3) is 5.91 Å². The van der Waals surface area contributed by atoms with Gasteiger partial charge in [0.1, 0.15) is 17.3 Å². The van der Waals surface area contributed by atoms with Crippen LogP contribution in [0, 0.1) is 12.7 Å². The first-order chi connectivity index (χ1) is 9.90. The summed E-state index contributed by atoms with van der Waals surface area (Å²) in [5.41, 5.74) is 1.08. The molecule has 1 aromatic carbocycles. The van der Waals surface area contributed by atoms with Gasteiger partial charge in [0, 0.05) is 12.0 Å². The zero-order valence-corrected chi connectivity index (χ0v) is 12.8. The second-order valence-corrected chi connectivity index (χ2v) is 5.49. The number of hydrogen-bond acceptors (Lipinski definition) is 3. The smallest absolute Gasteiger partial charge is 0.256 e. The fraction of sp³-hybridized carbons (Fsp3) is 0.333. The topological polar surface area (TPSA) is 55.1 Å². The number of halogens is 2. The summed E-state index contributed by atoms with van der Waals surface area (Å²) in [7, 11) is 0. The van der Waals surface area contributed by atoms with Crippen LogP contribution in [0.2, 0.25) is 5.02 Å². The molecular weight excluding hydrogens is 295 g/mol. The molecule has 0 radical (unpaired) electrons. The third-order valence-corrected chi connectivity index (χ3v) is 3.57. The van der Waals surface area contributed by atoms with Crippen molar-refractivity contribution in [3.05, 3.63) is 51.6 Å². The molecule has 1 amide bonds. The number of hydrogen-bond donors (Lipinski definition) is 1. The van der Waals surface area contributed by atoms with E-state index in [9.17, 15) is 9.18 Å². The van der Waals surface area contributed by atoms with Crippen LogP contribution in [0.25, 0.3) is 0 Å². The number of amides is 1. The average molecular weight is 311 g/mol. The maximum Gasteiger partial charge on any atom is 0.256 e. The van der Waals surface area contributed by atoms with Crippen LogP contribution in [0.3, 0.4) is 0 Å². The minimum atomic E-state index is -0.647. The van der Waals surface area contributed by atoms with Crippen molar-refractivity contribution in [2.45, 2.75) is 33.2 Å². The minimum Gasteiger partial charge on any atom is -0.361 e. The molecule has 0 spiro atoms. The molecule has 21 heavy (non-hydrogen) atoms. The first-order valence-corrected chi connectivity index (χ1v) is 6.96. The van der Waals surface area contributed by atoms with Gasteiger partial charge in [-0.25, -0.2) is 4.39 Å². The predicted molar refractivity (Wildman–Crippen MR) is 77.9 cm³/mol. The molecule has 0 unspecified atom stereocenters. The van der Waals surface area contributed by atoms with Crippen molar-refractivity contribution in [1.29, 1.82) is 0 Å². The number of carbonyl (C=O) groups is 1. The fourth-order valence-corrected chi connectivity index (χ4v) is 2.05. The largest absolute Gasteiger partial charge is 0.361 e. The van der Waals surface area contributed by atoms with Gasteiger partial charge in [-0.15, -0.1) is 0 Å². The van der Waals surface area contributed by atoms with E-state index in [-0.39, 0.29) is 23.0 Å². The van der Waals surface area contributed by atoms with E-state index in [2.05, 4.69) is 10.5 Å². The molecule has 0 saturated heterocycles. The molecule has 1 N–H and O–H groups in total. The lowest BCUT2D eigenvalue weighted by atomic mass is 10.1. The van der Waals surface area contributed by atoms with Crippen LogP contribution in [0.15, 0.2) is 22.7 Å². The molecule has 2 aromatic rings. The summed E-state index contributed by atoms with van der Waals surface area (Å²) in [6.07, 6.45) is 0. The van der Waals surface area contributed by atoms with Crippen LogP contribution >= 0.6 is 11.6 Å². The van der Waals surface area contributed by atoms with Crippen LogP contribution in [-0.2, 0) is 6.54 Å². The van der Waals surface area contributed by atoms with Gasteiger partial charge in [0.2, 0.25) is 0 Å². The van der Waals surface area contributed by atoms with E-state index in [0.29, 0.717) is 11.3 Å². The molecule has 0 aliphatic carbocycles. The van der Waals surface area contributed by atoms with Crippen LogP contribution in [0.4, 0.5) is 4.39 Å². The third-order valence-electron chi connectivity index (χ3n) is 3.09. The second-order valence-electron chi connectivity index (χ2n) is 5.11. The van der Waals surface area contributed by atoms with Crippen LogP contribution < -0.4 is 5.32 Å². The van der Waals surface area contributed by atoms with Gasteiger partial charge in [-0.1, -0.05) is 36.7 Å². The Hall–Kier alpha value is -1.88. The normalized spacial score (nSPS) is 11.0. The van der Waals surface area contributed by atoms with Gasteiger partial charge in [0.15, 0.2) is 0 Å². The molecule has 0 bridgehead atoms. The van der Waals surface area contributed by atoms with Gasteiger partial charge < -0.3 is 9.84 Å². The predicted octanol–water partition coefficient (Wildman–Crippen LogP) is 3.83. The van der Waals surface area contributed by atoms with Crippen molar-refractivity contribution in [1.82, 2.24) is 10.5 Å². The van der Waals surface area contributed by atoms with Crippen molar-refractivity contribution in [3.8, 4) is 0 Å². The molecule has 1 heterocycles. The molecule has 0 saturated carbocycles. The van der Waals surface area contributed by atoms with Gasteiger partial charge >= 0.3 is 0 Å². The lowest BCUT2D eigenvalue weighted by molar-refractivity contribution is 0.0946. The highest BCUT2D eigenvalue weighted by atomic mass is 35.5. The van der Waals surface area contributed by atoms with Gasteiger partial charge in [-0.3, -0.25) is 4.79 Å². The molecule has 112 valence electrons. The SMILES string of the molecule is Cc1ccc(F)c(C(=O)NCc2cc(C(C)C)on2)c1Cl. The number of aromatic nitrogens is 1. The average Bonchev–Trinajstić information content (AvgIpc) is 2.90. The van der Waals surface area contributed by atoms with Gasteiger partial charge in [-0.2, -0.15) is 0 Å². The monoisotopic (exact) mass is 310 g/mol. The number of nitrogens with one attached hydrogen (secondary N) is 1. The van der Waals surface area contributed by atoms with E-state index in [1.54, 1.807) is 13.0 Å². The Bertz CT molecular complexity index is 668. The van der Waals surface area contributed by atoms with Crippen molar-refractivity contribution in [2.24, 2.45) is 0 Å². The van der Waals surface area contributed by atoms with Gasteiger partial charge in [0.05, 0.1) is 17.1 Å². The summed E-state index contributed by atoms with van der Waals surface area (Å²) < 4.78 is 18.9. The molecule has 2 rings (SSSR count). The van der Waals surface area contributed by atoms with E-state index in [4.69, 9.17) is 16.1 Å². The van der Waals surface area contributed by atoms with E-state index in [0.717, 1.165) is 5.76 Å².